The van der Waals surface area contributed by atoms with E-state index in [1.807, 2.05) is 42.5 Å². The van der Waals surface area contributed by atoms with Crippen LogP contribution in [-0.2, 0) is 4.79 Å². The first-order valence-corrected chi connectivity index (χ1v) is 8.54. The zero-order valence-electron chi connectivity index (χ0n) is 14.2. The molecule has 0 saturated carbocycles. The molecule has 1 amide bonds. The molecular weight excluding hydrogens is 312 g/mol. The zero-order chi connectivity index (χ0) is 17.5. The van der Waals surface area contributed by atoms with Gasteiger partial charge in [0.1, 0.15) is 18.4 Å². The molecule has 128 valence electrons. The quantitative estimate of drug-likeness (QED) is 0.823. The van der Waals surface area contributed by atoms with Crippen LogP contribution in [0.4, 0.5) is 5.69 Å². The van der Waals surface area contributed by atoms with Crippen LogP contribution < -0.4 is 10.1 Å². The standard InChI is InChI=1S/C21H22N2O2/c1-2-16-25-19-12-10-18(11-13-19)22-21(24)20(23-14-6-7-15-23)17-8-4-3-5-9-17/h1,3-5,8-13,20H,6-7,14-16H2,(H,22,24). The molecule has 2 aromatic rings. The van der Waals surface area contributed by atoms with E-state index in [1.165, 1.54) is 0 Å². The predicted octanol–water partition coefficient (Wildman–Crippen LogP) is 3.47. The summed E-state index contributed by atoms with van der Waals surface area (Å²) in [4.78, 5) is 15.2. The highest BCUT2D eigenvalue weighted by molar-refractivity contribution is 5.95. The van der Waals surface area contributed by atoms with E-state index in [4.69, 9.17) is 11.2 Å². The molecule has 2 aromatic carbocycles. The van der Waals surface area contributed by atoms with Gasteiger partial charge >= 0.3 is 0 Å². The van der Waals surface area contributed by atoms with E-state index in [0.29, 0.717) is 5.75 Å². The van der Waals surface area contributed by atoms with Crippen molar-refractivity contribution in [3.05, 3.63) is 60.2 Å². The van der Waals surface area contributed by atoms with Gasteiger partial charge in [0.2, 0.25) is 5.91 Å². The van der Waals surface area contributed by atoms with E-state index in [0.717, 1.165) is 37.2 Å². The smallest absolute Gasteiger partial charge is 0.246 e. The Balaban J connectivity index is 1.73. The number of likely N-dealkylation sites (tertiary alicyclic amines) is 1. The summed E-state index contributed by atoms with van der Waals surface area (Å²) in [6, 6.07) is 17.0. The molecule has 1 saturated heterocycles. The molecule has 1 atom stereocenters. The minimum Gasteiger partial charge on any atom is -0.481 e. The molecule has 0 spiro atoms. The van der Waals surface area contributed by atoms with Crippen LogP contribution in [0.2, 0.25) is 0 Å². The molecule has 0 bridgehead atoms. The van der Waals surface area contributed by atoms with E-state index in [9.17, 15) is 4.79 Å². The fraction of sp³-hybridized carbons (Fsp3) is 0.286. The molecule has 25 heavy (non-hydrogen) atoms. The lowest BCUT2D eigenvalue weighted by Crippen LogP contribution is -2.35. The second-order valence-corrected chi connectivity index (χ2v) is 6.06. The number of ether oxygens (including phenoxy) is 1. The molecule has 0 radical (unpaired) electrons. The van der Waals surface area contributed by atoms with Crippen LogP contribution in [0.1, 0.15) is 24.4 Å². The number of hydrogen-bond donors (Lipinski definition) is 1. The molecule has 4 nitrogen and oxygen atoms in total. The monoisotopic (exact) mass is 334 g/mol. The molecule has 4 heteroatoms. The van der Waals surface area contributed by atoms with E-state index >= 15 is 0 Å². The highest BCUT2D eigenvalue weighted by atomic mass is 16.5. The van der Waals surface area contributed by atoms with Gasteiger partial charge in [0, 0.05) is 5.69 Å². The van der Waals surface area contributed by atoms with Crippen molar-refractivity contribution in [2.45, 2.75) is 18.9 Å². The lowest BCUT2D eigenvalue weighted by Gasteiger charge is -2.27. The molecule has 1 unspecified atom stereocenters. The van der Waals surface area contributed by atoms with Gasteiger partial charge in [-0.15, -0.1) is 6.42 Å². The maximum absolute atomic E-state index is 12.9. The topological polar surface area (TPSA) is 41.6 Å². The Morgan fingerprint density at radius 1 is 1.12 bits per heavy atom. The van der Waals surface area contributed by atoms with Crippen LogP contribution in [0.3, 0.4) is 0 Å². The third kappa shape index (κ3) is 4.40. The normalized spacial score (nSPS) is 15.3. The molecule has 1 N–H and O–H groups in total. The Kier molecular flexibility index (Phi) is 5.71. The van der Waals surface area contributed by atoms with E-state index in [1.54, 1.807) is 12.1 Å². The summed E-state index contributed by atoms with van der Waals surface area (Å²) in [5.74, 6) is 3.11. The van der Waals surface area contributed by atoms with Gasteiger partial charge in [0.15, 0.2) is 0 Å². The van der Waals surface area contributed by atoms with Crippen molar-refractivity contribution in [1.29, 1.82) is 0 Å². The van der Waals surface area contributed by atoms with Crippen LogP contribution in [-0.4, -0.2) is 30.5 Å². The van der Waals surface area contributed by atoms with Gasteiger partial charge in [-0.25, -0.2) is 0 Å². The number of carbonyl (C=O) groups excluding carboxylic acids is 1. The van der Waals surface area contributed by atoms with Crippen molar-refractivity contribution < 1.29 is 9.53 Å². The van der Waals surface area contributed by atoms with Gasteiger partial charge in [-0.2, -0.15) is 0 Å². The molecule has 0 aliphatic carbocycles. The molecule has 0 aromatic heterocycles. The fourth-order valence-electron chi connectivity index (χ4n) is 3.13. The minimum absolute atomic E-state index is 0.00890. The summed E-state index contributed by atoms with van der Waals surface area (Å²) < 4.78 is 5.36. The van der Waals surface area contributed by atoms with Gasteiger partial charge in [0.05, 0.1) is 0 Å². The Labute approximate surface area is 148 Å². The number of nitrogens with zero attached hydrogens (tertiary/aromatic N) is 1. The molecule has 3 rings (SSSR count). The Bertz CT molecular complexity index is 729. The van der Waals surface area contributed by atoms with Crippen LogP contribution >= 0.6 is 0 Å². The summed E-state index contributed by atoms with van der Waals surface area (Å²) in [5, 5.41) is 3.02. The average molecular weight is 334 g/mol. The summed E-state index contributed by atoms with van der Waals surface area (Å²) in [7, 11) is 0. The first-order valence-electron chi connectivity index (χ1n) is 8.54. The Hall–Kier alpha value is -2.77. The third-order valence-electron chi connectivity index (χ3n) is 4.31. The van der Waals surface area contributed by atoms with E-state index in [2.05, 4.69) is 16.1 Å². The van der Waals surface area contributed by atoms with Gasteiger partial charge in [-0.1, -0.05) is 36.3 Å². The zero-order valence-corrected chi connectivity index (χ0v) is 14.2. The van der Waals surface area contributed by atoms with Gasteiger partial charge < -0.3 is 10.1 Å². The van der Waals surface area contributed by atoms with Crippen LogP contribution in [0.5, 0.6) is 5.75 Å². The van der Waals surface area contributed by atoms with E-state index in [-0.39, 0.29) is 18.6 Å². The van der Waals surface area contributed by atoms with Gasteiger partial charge in [0.25, 0.3) is 0 Å². The summed E-state index contributed by atoms with van der Waals surface area (Å²) in [5.41, 5.74) is 1.77. The molecule has 1 fully saturated rings. The lowest BCUT2D eigenvalue weighted by molar-refractivity contribution is -0.121. The maximum atomic E-state index is 12.9. The molecule has 1 heterocycles. The number of hydrogen-bond acceptors (Lipinski definition) is 3. The first kappa shape index (κ1) is 17.1. The molecule has 1 aliphatic heterocycles. The van der Waals surface area contributed by atoms with Crippen molar-refractivity contribution in [2.75, 3.05) is 25.0 Å². The maximum Gasteiger partial charge on any atom is 0.246 e. The predicted molar refractivity (Wildman–Crippen MR) is 99.4 cm³/mol. The first-order chi connectivity index (χ1) is 12.3. The van der Waals surface area contributed by atoms with Crippen molar-refractivity contribution >= 4 is 11.6 Å². The number of nitrogens with one attached hydrogen (secondary N) is 1. The second kappa shape index (κ2) is 8.36. The van der Waals surface area contributed by atoms with Crippen LogP contribution in [0, 0.1) is 12.3 Å². The van der Waals surface area contributed by atoms with Crippen LogP contribution in [0.15, 0.2) is 54.6 Å². The number of anilines is 1. The Morgan fingerprint density at radius 2 is 1.80 bits per heavy atom. The average Bonchev–Trinajstić information content (AvgIpc) is 3.16. The van der Waals surface area contributed by atoms with Gasteiger partial charge in [-0.3, -0.25) is 9.69 Å². The summed E-state index contributed by atoms with van der Waals surface area (Å²) in [6.07, 6.45) is 7.46. The SMILES string of the molecule is C#CCOc1ccc(NC(=O)C(c2ccccc2)N2CCCC2)cc1. The minimum atomic E-state index is -0.263. The van der Waals surface area contributed by atoms with Gasteiger partial charge in [-0.05, 0) is 55.8 Å². The second-order valence-electron chi connectivity index (χ2n) is 6.06. The number of benzene rings is 2. The lowest BCUT2D eigenvalue weighted by atomic mass is 10.0. The Morgan fingerprint density at radius 3 is 2.44 bits per heavy atom. The van der Waals surface area contributed by atoms with Crippen molar-refractivity contribution in [1.82, 2.24) is 4.90 Å². The van der Waals surface area contributed by atoms with Crippen LogP contribution in [0.25, 0.3) is 0 Å². The largest absolute Gasteiger partial charge is 0.481 e. The number of carbonyl (C=O) groups is 1. The number of terminal acetylenes is 1. The highest BCUT2D eigenvalue weighted by Crippen LogP contribution is 2.27. The van der Waals surface area contributed by atoms with Crippen molar-refractivity contribution in [3.63, 3.8) is 0 Å². The number of amides is 1. The fourth-order valence-corrected chi connectivity index (χ4v) is 3.13. The number of rotatable bonds is 6. The van der Waals surface area contributed by atoms with Crippen molar-refractivity contribution in [3.8, 4) is 18.1 Å². The van der Waals surface area contributed by atoms with E-state index < -0.39 is 0 Å². The molecular formula is C21H22N2O2. The summed E-state index contributed by atoms with van der Waals surface area (Å²) >= 11 is 0. The highest BCUT2D eigenvalue weighted by Gasteiger charge is 2.29. The van der Waals surface area contributed by atoms with Crippen molar-refractivity contribution in [2.24, 2.45) is 0 Å². The molecule has 1 aliphatic rings. The summed E-state index contributed by atoms with van der Waals surface area (Å²) in [6.45, 7) is 2.13. The third-order valence-corrected chi connectivity index (χ3v) is 4.31.